The standard InChI is InChI=1S/C9H17NO3/c1-6(2)8(7(3)11)10(4)9(12)13-5/h6,8H,1-5H3. The normalized spacial score (nSPS) is 12.5. The lowest BCUT2D eigenvalue weighted by atomic mass is 10.00. The maximum absolute atomic E-state index is 11.2. The van der Waals surface area contributed by atoms with Crippen molar-refractivity contribution in [2.24, 2.45) is 5.92 Å². The van der Waals surface area contributed by atoms with Crippen molar-refractivity contribution in [3.05, 3.63) is 0 Å². The maximum Gasteiger partial charge on any atom is 0.409 e. The van der Waals surface area contributed by atoms with Crippen LogP contribution in [-0.2, 0) is 9.53 Å². The van der Waals surface area contributed by atoms with Gasteiger partial charge in [0.2, 0.25) is 0 Å². The third-order valence-electron chi connectivity index (χ3n) is 1.93. The summed E-state index contributed by atoms with van der Waals surface area (Å²) >= 11 is 0. The molecule has 0 bridgehead atoms. The molecule has 0 aliphatic rings. The van der Waals surface area contributed by atoms with Crippen LogP contribution in [0.5, 0.6) is 0 Å². The van der Waals surface area contributed by atoms with Crippen molar-refractivity contribution in [1.82, 2.24) is 4.90 Å². The summed E-state index contributed by atoms with van der Waals surface area (Å²) in [6.07, 6.45) is -0.478. The van der Waals surface area contributed by atoms with E-state index in [1.807, 2.05) is 13.8 Å². The van der Waals surface area contributed by atoms with Gasteiger partial charge in [0.05, 0.1) is 13.2 Å². The van der Waals surface area contributed by atoms with Crippen molar-refractivity contribution in [2.75, 3.05) is 14.2 Å². The third kappa shape index (κ3) is 3.05. The smallest absolute Gasteiger partial charge is 0.409 e. The van der Waals surface area contributed by atoms with Crippen LogP contribution in [0.4, 0.5) is 4.79 Å². The molecule has 4 nitrogen and oxygen atoms in total. The van der Waals surface area contributed by atoms with Crippen LogP contribution in [0.2, 0.25) is 0 Å². The van der Waals surface area contributed by atoms with Gasteiger partial charge in [0.15, 0.2) is 5.78 Å². The van der Waals surface area contributed by atoms with E-state index >= 15 is 0 Å². The van der Waals surface area contributed by atoms with Crippen molar-refractivity contribution < 1.29 is 14.3 Å². The highest BCUT2D eigenvalue weighted by molar-refractivity contribution is 5.85. The monoisotopic (exact) mass is 187 g/mol. The van der Waals surface area contributed by atoms with Crippen LogP contribution in [-0.4, -0.2) is 37.0 Å². The molecule has 0 saturated heterocycles. The summed E-state index contributed by atoms with van der Waals surface area (Å²) in [4.78, 5) is 23.6. The Morgan fingerprint density at radius 3 is 2.00 bits per heavy atom. The van der Waals surface area contributed by atoms with Gasteiger partial charge in [-0.2, -0.15) is 0 Å². The fourth-order valence-corrected chi connectivity index (χ4v) is 1.45. The number of carbonyl (C=O) groups excluding carboxylic acids is 2. The number of ether oxygens (including phenoxy) is 1. The predicted octanol–water partition coefficient (Wildman–Crippen LogP) is 1.30. The van der Waals surface area contributed by atoms with Crippen molar-refractivity contribution in [3.8, 4) is 0 Å². The van der Waals surface area contributed by atoms with E-state index in [1.54, 1.807) is 7.05 Å². The number of ketones is 1. The highest BCUT2D eigenvalue weighted by atomic mass is 16.5. The molecule has 0 heterocycles. The van der Waals surface area contributed by atoms with E-state index in [9.17, 15) is 9.59 Å². The van der Waals surface area contributed by atoms with E-state index in [0.717, 1.165) is 0 Å². The van der Waals surface area contributed by atoms with Crippen LogP contribution in [0.1, 0.15) is 20.8 Å². The van der Waals surface area contributed by atoms with Gasteiger partial charge in [-0.15, -0.1) is 0 Å². The topological polar surface area (TPSA) is 46.6 Å². The van der Waals surface area contributed by atoms with E-state index in [0.29, 0.717) is 0 Å². The SMILES string of the molecule is COC(=O)N(C)C(C(C)=O)C(C)C. The Labute approximate surface area is 78.9 Å². The lowest BCUT2D eigenvalue weighted by Gasteiger charge is -2.27. The number of carbonyl (C=O) groups is 2. The fourth-order valence-electron chi connectivity index (χ4n) is 1.45. The van der Waals surface area contributed by atoms with Crippen LogP contribution >= 0.6 is 0 Å². The van der Waals surface area contributed by atoms with Gasteiger partial charge in [-0.05, 0) is 12.8 Å². The second-order valence-corrected chi connectivity index (χ2v) is 3.38. The average Bonchev–Trinajstić information content (AvgIpc) is 2.01. The lowest BCUT2D eigenvalue weighted by molar-refractivity contribution is -0.122. The zero-order valence-corrected chi connectivity index (χ0v) is 8.83. The molecule has 0 aromatic heterocycles. The first-order valence-corrected chi connectivity index (χ1v) is 4.23. The van der Waals surface area contributed by atoms with Gasteiger partial charge in [-0.25, -0.2) is 4.79 Å². The molecule has 0 radical (unpaired) electrons. The van der Waals surface area contributed by atoms with E-state index in [1.165, 1.54) is 18.9 Å². The first-order chi connectivity index (χ1) is 5.91. The molecule has 0 N–H and O–H groups in total. The van der Waals surface area contributed by atoms with Gasteiger partial charge in [0.1, 0.15) is 0 Å². The number of amides is 1. The lowest BCUT2D eigenvalue weighted by Crippen LogP contribution is -2.44. The number of hydrogen-bond acceptors (Lipinski definition) is 3. The van der Waals surface area contributed by atoms with Gasteiger partial charge >= 0.3 is 6.09 Å². The molecule has 0 saturated carbocycles. The molecular weight excluding hydrogens is 170 g/mol. The zero-order chi connectivity index (χ0) is 10.6. The van der Waals surface area contributed by atoms with Gasteiger partial charge in [0.25, 0.3) is 0 Å². The van der Waals surface area contributed by atoms with Crippen LogP contribution in [0, 0.1) is 5.92 Å². The molecule has 0 aromatic rings. The highest BCUT2D eigenvalue weighted by Crippen LogP contribution is 2.10. The Kier molecular flexibility index (Phi) is 4.45. The predicted molar refractivity (Wildman–Crippen MR) is 49.5 cm³/mol. The number of Topliss-reactive ketones (excluding diaryl/α,β-unsaturated/α-hetero) is 1. The Balaban J connectivity index is 4.55. The maximum atomic E-state index is 11.2. The molecule has 1 unspecified atom stereocenters. The van der Waals surface area contributed by atoms with Crippen molar-refractivity contribution in [2.45, 2.75) is 26.8 Å². The molecule has 0 aliphatic heterocycles. The molecule has 0 fully saturated rings. The third-order valence-corrected chi connectivity index (χ3v) is 1.93. The number of rotatable bonds is 3. The fraction of sp³-hybridized carbons (Fsp3) is 0.778. The molecule has 4 heteroatoms. The van der Waals surface area contributed by atoms with Crippen LogP contribution in [0.15, 0.2) is 0 Å². The highest BCUT2D eigenvalue weighted by Gasteiger charge is 2.27. The van der Waals surface area contributed by atoms with E-state index in [2.05, 4.69) is 4.74 Å². The van der Waals surface area contributed by atoms with Crippen molar-refractivity contribution in [1.29, 1.82) is 0 Å². The summed E-state index contributed by atoms with van der Waals surface area (Å²) in [6.45, 7) is 5.26. The van der Waals surface area contributed by atoms with E-state index < -0.39 is 12.1 Å². The summed E-state index contributed by atoms with van der Waals surface area (Å²) in [5, 5.41) is 0. The first-order valence-electron chi connectivity index (χ1n) is 4.23. The van der Waals surface area contributed by atoms with Crippen LogP contribution in [0.3, 0.4) is 0 Å². The summed E-state index contributed by atoms with van der Waals surface area (Å²) < 4.78 is 4.53. The molecular formula is C9H17NO3. The molecule has 1 atom stereocenters. The second kappa shape index (κ2) is 4.84. The molecule has 13 heavy (non-hydrogen) atoms. The van der Waals surface area contributed by atoms with Gasteiger partial charge in [-0.3, -0.25) is 4.79 Å². The van der Waals surface area contributed by atoms with Gasteiger partial charge in [0, 0.05) is 7.05 Å². The Morgan fingerprint density at radius 2 is 1.77 bits per heavy atom. The Morgan fingerprint density at radius 1 is 1.31 bits per heavy atom. The number of nitrogens with zero attached hydrogens (tertiary/aromatic N) is 1. The number of hydrogen-bond donors (Lipinski definition) is 0. The van der Waals surface area contributed by atoms with Crippen molar-refractivity contribution in [3.63, 3.8) is 0 Å². The largest absolute Gasteiger partial charge is 0.453 e. The summed E-state index contributed by atoms with van der Waals surface area (Å²) in [5.74, 6) is 0.0736. The number of methoxy groups -OCH3 is 1. The molecule has 0 aliphatic carbocycles. The molecule has 76 valence electrons. The molecule has 0 aromatic carbocycles. The minimum absolute atomic E-state index is 0.0251. The minimum atomic E-state index is -0.478. The quantitative estimate of drug-likeness (QED) is 0.669. The molecule has 0 spiro atoms. The summed E-state index contributed by atoms with van der Waals surface area (Å²) in [7, 11) is 2.87. The Bertz CT molecular complexity index is 201. The summed E-state index contributed by atoms with van der Waals surface area (Å²) in [6, 6.07) is -0.396. The molecule has 0 rings (SSSR count). The average molecular weight is 187 g/mol. The first kappa shape index (κ1) is 11.9. The van der Waals surface area contributed by atoms with Crippen LogP contribution in [0.25, 0.3) is 0 Å². The second-order valence-electron chi connectivity index (χ2n) is 3.38. The van der Waals surface area contributed by atoms with Gasteiger partial charge < -0.3 is 9.64 Å². The Hall–Kier alpha value is -1.06. The zero-order valence-electron chi connectivity index (χ0n) is 8.83. The van der Waals surface area contributed by atoms with Crippen LogP contribution < -0.4 is 0 Å². The number of likely N-dealkylation sites (N-methyl/N-ethyl adjacent to an activating group) is 1. The minimum Gasteiger partial charge on any atom is -0.453 e. The van der Waals surface area contributed by atoms with E-state index in [-0.39, 0.29) is 11.7 Å². The van der Waals surface area contributed by atoms with Gasteiger partial charge in [-0.1, -0.05) is 13.8 Å². The molecule has 1 amide bonds. The van der Waals surface area contributed by atoms with E-state index in [4.69, 9.17) is 0 Å². The summed E-state index contributed by atoms with van der Waals surface area (Å²) in [5.41, 5.74) is 0. The van der Waals surface area contributed by atoms with Crippen molar-refractivity contribution >= 4 is 11.9 Å².